The van der Waals surface area contributed by atoms with Crippen LogP contribution in [0.2, 0.25) is 0 Å². The Hall–Kier alpha value is -2.67. The lowest BCUT2D eigenvalue weighted by Crippen LogP contribution is -2.51. The topological polar surface area (TPSA) is 90.9 Å². The normalized spacial score (nSPS) is 27.7. The molecule has 1 amide bonds. The fraction of sp³-hybridized carbons (Fsp3) is 0.577. The van der Waals surface area contributed by atoms with Crippen molar-refractivity contribution in [3.05, 3.63) is 47.5 Å². The molecule has 0 bridgehead atoms. The molecule has 4 rings (SSSR count). The van der Waals surface area contributed by atoms with E-state index in [1.165, 1.54) is 5.57 Å². The summed E-state index contributed by atoms with van der Waals surface area (Å²) in [6.45, 7) is 6.13. The van der Waals surface area contributed by atoms with E-state index in [0.717, 1.165) is 31.2 Å². The van der Waals surface area contributed by atoms with E-state index in [1.54, 1.807) is 0 Å². The highest BCUT2D eigenvalue weighted by Gasteiger charge is 2.56. The van der Waals surface area contributed by atoms with Gasteiger partial charge in [-0.15, -0.1) is 0 Å². The van der Waals surface area contributed by atoms with E-state index < -0.39 is 47.4 Å². The predicted octanol–water partition coefficient (Wildman–Crippen LogP) is 4.16. The van der Waals surface area contributed by atoms with Gasteiger partial charge in [0.15, 0.2) is 0 Å². The predicted molar refractivity (Wildman–Crippen MR) is 121 cm³/mol. The molecule has 1 saturated heterocycles. The Balaban J connectivity index is 1.56. The number of amides is 1. The maximum absolute atomic E-state index is 12.7. The number of ether oxygens (including phenoxy) is 3. The quantitative estimate of drug-likeness (QED) is 0.394. The second-order valence-corrected chi connectivity index (χ2v) is 10.2. The number of fused-ring (bicyclic) bond motifs is 3. The molecule has 178 valence electrons. The Labute approximate surface area is 194 Å². The Morgan fingerprint density at radius 2 is 1.85 bits per heavy atom. The number of cyclic esters (lactones) is 2. The largest absolute Gasteiger partial charge is 0.445 e. The van der Waals surface area contributed by atoms with Gasteiger partial charge in [-0.05, 0) is 51.5 Å². The van der Waals surface area contributed by atoms with Crippen molar-refractivity contribution < 1.29 is 28.6 Å². The van der Waals surface area contributed by atoms with Crippen LogP contribution in [0.5, 0.6) is 0 Å². The Kier molecular flexibility index (Phi) is 6.88. The van der Waals surface area contributed by atoms with E-state index in [9.17, 15) is 14.4 Å². The van der Waals surface area contributed by atoms with E-state index in [1.807, 2.05) is 51.1 Å². The molecule has 0 spiro atoms. The SMILES string of the molecule is CC(C)(C)OC[C@@H](NC(=O)OCc1ccccc1)[C@@H]1C=C2CCCC[C@@H]2[C@@H]2C(=O)OC(=O)[C@H]12. The standard InChI is InChI=1S/C26H33NO6/c1-26(2,3)32-15-20(27-25(30)31-14-16-9-5-4-6-10-16)19-13-17-11-7-8-12-18(17)21-22(19)24(29)33-23(21)28/h4-6,9-10,13,18-22H,7-8,11-12,14-15H2,1-3H3,(H,27,30)/t18-,19-,20+,21-,22+/m0/s1. The molecular formula is C26H33NO6. The summed E-state index contributed by atoms with van der Waals surface area (Å²) in [7, 11) is 0. The van der Waals surface area contributed by atoms with E-state index in [-0.39, 0.29) is 19.1 Å². The van der Waals surface area contributed by atoms with Crippen molar-refractivity contribution in [1.82, 2.24) is 5.32 Å². The van der Waals surface area contributed by atoms with Crippen molar-refractivity contribution in [2.45, 2.75) is 64.7 Å². The van der Waals surface area contributed by atoms with Gasteiger partial charge in [0, 0.05) is 5.92 Å². The summed E-state index contributed by atoms with van der Waals surface area (Å²) in [4.78, 5) is 38.1. The molecule has 2 fully saturated rings. The van der Waals surface area contributed by atoms with Gasteiger partial charge in [0.25, 0.3) is 0 Å². The zero-order chi connectivity index (χ0) is 23.6. The number of alkyl carbamates (subject to hydrolysis) is 1. The minimum absolute atomic E-state index is 0.0492. The third-order valence-electron chi connectivity index (χ3n) is 6.77. The van der Waals surface area contributed by atoms with Crippen LogP contribution < -0.4 is 5.32 Å². The summed E-state index contributed by atoms with van der Waals surface area (Å²) >= 11 is 0. The number of carbonyl (C=O) groups is 3. The van der Waals surface area contributed by atoms with Gasteiger partial charge in [-0.1, -0.05) is 48.4 Å². The van der Waals surface area contributed by atoms with Gasteiger partial charge in [0.2, 0.25) is 0 Å². The highest BCUT2D eigenvalue weighted by Crippen LogP contribution is 2.49. The van der Waals surface area contributed by atoms with Crippen molar-refractivity contribution in [2.75, 3.05) is 6.61 Å². The first-order valence-electron chi connectivity index (χ1n) is 11.8. The summed E-state index contributed by atoms with van der Waals surface area (Å²) < 4.78 is 16.6. The van der Waals surface area contributed by atoms with Crippen LogP contribution >= 0.6 is 0 Å². The van der Waals surface area contributed by atoms with Gasteiger partial charge < -0.3 is 19.5 Å². The van der Waals surface area contributed by atoms with Gasteiger partial charge in [-0.2, -0.15) is 0 Å². The molecule has 33 heavy (non-hydrogen) atoms. The van der Waals surface area contributed by atoms with Crippen LogP contribution in [0.3, 0.4) is 0 Å². The Morgan fingerprint density at radius 3 is 2.58 bits per heavy atom. The maximum Gasteiger partial charge on any atom is 0.407 e. The van der Waals surface area contributed by atoms with E-state index in [4.69, 9.17) is 14.2 Å². The van der Waals surface area contributed by atoms with Gasteiger partial charge in [-0.3, -0.25) is 9.59 Å². The lowest BCUT2D eigenvalue weighted by atomic mass is 9.62. The van der Waals surface area contributed by atoms with Crippen LogP contribution in [0.25, 0.3) is 0 Å². The summed E-state index contributed by atoms with van der Waals surface area (Å²) in [6, 6.07) is 8.90. The highest BCUT2D eigenvalue weighted by atomic mass is 16.6. The number of benzene rings is 1. The molecule has 5 atom stereocenters. The van der Waals surface area contributed by atoms with Gasteiger partial charge >= 0.3 is 18.0 Å². The minimum atomic E-state index is -0.618. The Morgan fingerprint density at radius 1 is 1.12 bits per heavy atom. The van der Waals surface area contributed by atoms with E-state index in [0.29, 0.717) is 0 Å². The first-order chi connectivity index (χ1) is 15.7. The fourth-order valence-electron chi connectivity index (χ4n) is 5.24. The number of nitrogens with one attached hydrogen (secondary N) is 1. The summed E-state index contributed by atoms with van der Waals surface area (Å²) in [5.41, 5.74) is 1.64. The molecule has 7 nitrogen and oxygen atoms in total. The van der Waals surface area contributed by atoms with Crippen LogP contribution in [-0.4, -0.2) is 36.3 Å². The minimum Gasteiger partial charge on any atom is -0.445 e. The fourth-order valence-corrected chi connectivity index (χ4v) is 5.24. The second-order valence-electron chi connectivity index (χ2n) is 10.2. The first-order valence-corrected chi connectivity index (χ1v) is 11.8. The Bertz CT molecular complexity index is 918. The average Bonchev–Trinajstić information content (AvgIpc) is 3.09. The van der Waals surface area contributed by atoms with Crippen molar-refractivity contribution >= 4 is 18.0 Å². The van der Waals surface area contributed by atoms with Crippen molar-refractivity contribution in [1.29, 1.82) is 0 Å². The molecule has 1 heterocycles. The summed E-state index contributed by atoms with van der Waals surface area (Å²) in [5.74, 6) is -2.39. The number of rotatable bonds is 6. The molecule has 0 aromatic heterocycles. The van der Waals surface area contributed by atoms with Crippen LogP contribution in [0.4, 0.5) is 4.79 Å². The molecule has 3 aliphatic rings. The lowest BCUT2D eigenvalue weighted by Gasteiger charge is -2.41. The van der Waals surface area contributed by atoms with Gasteiger partial charge in [0.05, 0.1) is 30.1 Å². The maximum atomic E-state index is 12.7. The van der Waals surface area contributed by atoms with Crippen molar-refractivity contribution in [3.8, 4) is 0 Å². The first kappa shape index (κ1) is 23.5. The number of hydrogen-bond acceptors (Lipinski definition) is 6. The zero-order valence-corrected chi connectivity index (χ0v) is 19.5. The molecule has 0 unspecified atom stereocenters. The number of hydrogen-bond donors (Lipinski definition) is 1. The average molecular weight is 456 g/mol. The third kappa shape index (κ3) is 5.46. The molecule has 1 aliphatic heterocycles. The molecule has 1 saturated carbocycles. The van der Waals surface area contributed by atoms with Crippen LogP contribution in [-0.2, 0) is 30.4 Å². The number of esters is 2. The van der Waals surface area contributed by atoms with Crippen molar-refractivity contribution in [2.24, 2.45) is 23.7 Å². The molecule has 7 heteroatoms. The zero-order valence-electron chi connectivity index (χ0n) is 19.5. The van der Waals surface area contributed by atoms with Gasteiger partial charge in [-0.25, -0.2) is 4.79 Å². The second kappa shape index (κ2) is 9.67. The summed E-state index contributed by atoms with van der Waals surface area (Å²) in [6.07, 6.45) is 5.40. The smallest absolute Gasteiger partial charge is 0.407 e. The van der Waals surface area contributed by atoms with E-state index in [2.05, 4.69) is 11.4 Å². The summed E-state index contributed by atoms with van der Waals surface area (Å²) in [5, 5.41) is 2.92. The number of carbonyl (C=O) groups excluding carboxylic acids is 3. The molecular weight excluding hydrogens is 422 g/mol. The molecule has 0 radical (unpaired) electrons. The van der Waals surface area contributed by atoms with E-state index >= 15 is 0 Å². The molecule has 1 N–H and O–H groups in total. The molecule has 1 aromatic rings. The van der Waals surface area contributed by atoms with Crippen LogP contribution in [0.1, 0.15) is 52.0 Å². The van der Waals surface area contributed by atoms with Crippen LogP contribution in [0, 0.1) is 23.7 Å². The van der Waals surface area contributed by atoms with Crippen LogP contribution in [0.15, 0.2) is 42.0 Å². The lowest BCUT2D eigenvalue weighted by molar-refractivity contribution is -0.154. The highest BCUT2D eigenvalue weighted by molar-refractivity contribution is 5.97. The molecule has 2 aliphatic carbocycles. The number of allylic oxidation sites excluding steroid dienone is 1. The monoisotopic (exact) mass is 455 g/mol. The van der Waals surface area contributed by atoms with Gasteiger partial charge in [0.1, 0.15) is 6.61 Å². The molecule has 1 aromatic carbocycles. The third-order valence-corrected chi connectivity index (χ3v) is 6.77. The van der Waals surface area contributed by atoms with Crippen molar-refractivity contribution in [3.63, 3.8) is 0 Å².